The van der Waals surface area contributed by atoms with Crippen molar-refractivity contribution in [3.8, 4) is 5.88 Å². The van der Waals surface area contributed by atoms with Gasteiger partial charge in [0.05, 0.1) is 10.3 Å². The van der Waals surface area contributed by atoms with Gasteiger partial charge in [-0.15, -0.1) is 0 Å². The molecule has 11 heteroatoms. The molecule has 0 saturated carbocycles. The molecule has 0 saturated heterocycles. The Morgan fingerprint density at radius 1 is 1.26 bits per heavy atom. The number of hydrogen-bond donors (Lipinski definition) is 1. The lowest BCUT2D eigenvalue weighted by Crippen LogP contribution is -2.46. The molecule has 1 aliphatic rings. The van der Waals surface area contributed by atoms with Crippen molar-refractivity contribution < 1.29 is 31.5 Å². The summed E-state index contributed by atoms with van der Waals surface area (Å²) in [6.07, 6.45) is -4.89. The molecule has 1 aromatic heterocycles. The third-order valence-electron chi connectivity index (χ3n) is 3.70. The summed E-state index contributed by atoms with van der Waals surface area (Å²) in [7, 11) is 1.06. The molecule has 0 aliphatic carbocycles. The van der Waals surface area contributed by atoms with E-state index in [1.54, 1.807) is 13.8 Å². The highest BCUT2D eigenvalue weighted by Gasteiger charge is 2.54. The number of aromatic nitrogens is 2. The Labute approximate surface area is 133 Å². The quantitative estimate of drug-likeness (QED) is 0.666. The molecule has 1 atom stereocenters. The summed E-state index contributed by atoms with van der Waals surface area (Å²) < 4.78 is 68.4. The minimum absolute atomic E-state index is 0.276. The molecule has 0 N–H and O–H groups in total. The van der Waals surface area contributed by atoms with E-state index < -0.39 is 40.3 Å². The maximum atomic E-state index is 13.2. The maximum Gasteiger partial charge on any atom is 0.435 e. The van der Waals surface area contributed by atoms with Crippen molar-refractivity contribution in [2.24, 2.45) is 12.2 Å². The Bertz CT molecular complexity index is 652. The van der Waals surface area contributed by atoms with Crippen molar-refractivity contribution in [2.45, 2.75) is 43.9 Å². The molecule has 23 heavy (non-hydrogen) atoms. The third kappa shape index (κ3) is 2.86. The van der Waals surface area contributed by atoms with E-state index in [4.69, 9.17) is 4.84 Å². The van der Waals surface area contributed by atoms with Crippen LogP contribution >= 0.6 is 12.6 Å². The average Bonchev–Trinajstić information content (AvgIpc) is 2.76. The third-order valence-corrected chi connectivity index (χ3v) is 4.45. The number of ether oxygens (including phenoxy) is 1. The first-order chi connectivity index (χ1) is 10.3. The van der Waals surface area contributed by atoms with Gasteiger partial charge in [0.15, 0.2) is 11.3 Å². The van der Waals surface area contributed by atoms with Gasteiger partial charge in [-0.1, -0.05) is 5.16 Å². The summed E-state index contributed by atoms with van der Waals surface area (Å²) in [6, 6.07) is 0. The Kier molecular flexibility index (Phi) is 4.07. The summed E-state index contributed by atoms with van der Waals surface area (Å²) in [4.78, 5) is 5.12. The van der Waals surface area contributed by atoms with E-state index in [-0.39, 0.29) is 5.71 Å². The molecule has 1 aromatic rings. The van der Waals surface area contributed by atoms with Gasteiger partial charge in [-0.05, 0) is 20.8 Å². The van der Waals surface area contributed by atoms with E-state index in [1.165, 1.54) is 6.92 Å². The van der Waals surface area contributed by atoms with Crippen molar-refractivity contribution in [3.05, 3.63) is 11.3 Å². The average molecular weight is 359 g/mol. The van der Waals surface area contributed by atoms with Crippen LogP contribution in [0.1, 0.15) is 32.0 Å². The summed E-state index contributed by atoms with van der Waals surface area (Å²) in [5.41, 5.74) is -3.44. The Morgan fingerprint density at radius 2 is 1.83 bits per heavy atom. The lowest BCUT2D eigenvalue weighted by atomic mass is 9.85. The normalized spacial score (nSPS) is 23.9. The minimum Gasteiger partial charge on any atom is -0.416 e. The molecular formula is C12H14F5N3O2S. The number of halogens is 5. The first-order valence-electron chi connectivity index (χ1n) is 6.37. The summed E-state index contributed by atoms with van der Waals surface area (Å²) in [5, 5.41) is 6.88. The molecular weight excluding hydrogens is 345 g/mol. The van der Waals surface area contributed by atoms with Crippen molar-refractivity contribution >= 4 is 18.3 Å². The predicted octanol–water partition coefficient (Wildman–Crippen LogP) is 3.24. The second-order valence-corrected chi connectivity index (χ2v) is 6.54. The van der Waals surface area contributed by atoms with Gasteiger partial charge in [0.2, 0.25) is 5.88 Å². The van der Waals surface area contributed by atoms with Crippen LogP contribution in [-0.2, 0) is 18.1 Å². The van der Waals surface area contributed by atoms with Crippen LogP contribution < -0.4 is 4.74 Å². The molecule has 0 aromatic carbocycles. The number of oxime groups is 1. The van der Waals surface area contributed by atoms with Gasteiger partial charge in [0.25, 0.3) is 0 Å². The van der Waals surface area contributed by atoms with Gasteiger partial charge in [0, 0.05) is 7.05 Å². The molecule has 0 radical (unpaired) electrons. The Balaban J connectivity index is 2.70. The second-order valence-electron chi connectivity index (χ2n) is 5.64. The fourth-order valence-electron chi connectivity index (χ4n) is 2.05. The zero-order valence-corrected chi connectivity index (χ0v) is 13.5. The van der Waals surface area contributed by atoms with Crippen molar-refractivity contribution in [3.63, 3.8) is 0 Å². The molecule has 1 aliphatic heterocycles. The lowest BCUT2D eigenvalue weighted by Gasteiger charge is -2.31. The fourth-order valence-corrected chi connectivity index (χ4v) is 2.25. The number of alkyl halides is 5. The van der Waals surface area contributed by atoms with Gasteiger partial charge in [-0.2, -0.15) is 39.7 Å². The van der Waals surface area contributed by atoms with E-state index in [2.05, 4.69) is 27.6 Å². The topological polar surface area (TPSA) is 48.6 Å². The molecule has 0 bridgehead atoms. The molecule has 1 unspecified atom stereocenters. The van der Waals surface area contributed by atoms with Gasteiger partial charge in [-0.25, -0.2) is 4.68 Å². The Morgan fingerprint density at radius 3 is 2.22 bits per heavy atom. The van der Waals surface area contributed by atoms with Crippen LogP contribution in [0.2, 0.25) is 0 Å². The van der Waals surface area contributed by atoms with E-state index in [1.807, 2.05) is 0 Å². The van der Waals surface area contributed by atoms with Gasteiger partial charge in [-0.3, -0.25) is 0 Å². The van der Waals surface area contributed by atoms with E-state index in [0.717, 1.165) is 7.05 Å². The smallest absolute Gasteiger partial charge is 0.416 e. The summed E-state index contributed by atoms with van der Waals surface area (Å²) in [6.45, 7) is 1.27. The van der Waals surface area contributed by atoms with Crippen LogP contribution in [0.25, 0.3) is 0 Å². The molecule has 130 valence electrons. The van der Waals surface area contributed by atoms with E-state index in [0.29, 0.717) is 4.68 Å². The van der Waals surface area contributed by atoms with Crippen molar-refractivity contribution in [1.82, 2.24) is 9.78 Å². The number of hydrogen-bond acceptors (Lipinski definition) is 5. The highest BCUT2D eigenvalue weighted by atomic mass is 32.1. The highest BCUT2D eigenvalue weighted by Crippen LogP contribution is 2.45. The van der Waals surface area contributed by atoms with Gasteiger partial charge < -0.3 is 9.57 Å². The molecule has 2 heterocycles. The fraction of sp³-hybridized carbons (Fsp3) is 0.667. The van der Waals surface area contributed by atoms with E-state index >= 15 is 0 Å². The largest absolute Gasteiger partial charge is 0.435 e. The van der Waals surface area contributed by atoms with Crippen LogP contribution in [0.5, 0.6) is 5.88 Å². The molecule has 0 amide bonds. The van der Waals surface area contributed by atoms with Gasteiger partial charge >= 0.3 is 12.8 Å². The Hall–Kier alpha value is -1.52. The van der Waals surface area contributed by atoms with Crippen molar-refractivity contribution in [2.75, 3.05) is 0 Å². The van der Waals surface area contributed by atoms with Crippen LogP contribution in [0.3, 0.4) is 0 Å². The predicted molar refractivity (Wildman–Crippen MR) is 73.9 cm³/mol. The molecule has 2 rings (SSSR count). The SMILES string of the molecule is Cn1nc(C(F)(F)F)c(C2=NOC(C)(C)C2(C)S)c1OC(F)F. The van der Waals surface area contributed by atoms with Crippen LogP contribution in [0.4, 0.5) is 22.0 Å². The molecule has 0 fully saturated rings. The van der Waals surface area contributed by atoms with Crippen LogP contribution in [0, 0.1) is 0 Å². The number of nitrogens with zero attached hydrogens (tertiary/aromatic N) is 3. The summed E-state index contributed by atoms with van der Waals surface area (Å²) in [5.74, 6) is -0.757. The minimum atomic E-state index is -4.89. The lowest BCUT2D eigenvalue weighted by molar-refractivity contribution is -0.141. The summed E-state index contributed by atoms with van der Waals surface area (Å²) >= 11 is 4.32. The first kappa shape index (κ1) is 17.8. The molecule has 5 nitrogen and oxygen atoms in total. The standard InChI is InChI=1S/C12H14F5N3O2S/c1-10(2)11(3,23)6(19-22-10)5-7(12(15,16)17)18-20(4)8(5)21-9(13)14/h9,23H,1-4H3. The first-order valence-corrected chi connectivity index (χ1v) is 6.82. The number of thiol groups is 1. The van der Waals surface area contributed by atoms with Crippen LogP contribution in [-0.4, -0.2) is 32.5 Å². The van der Waals surface area contributed by atoms with Crippen LogP contribution in [0.15, 0.2) is 5.16 Å². The number of aryl methyl sites for hydroxylation is 1. The second kappa shape index (κ2) is 5.25. The van der Waals surface area contributed by atoms with Gasteiger partial charge in [0.1, 0.15) is 5.71 Å². The van der Waals surface area contributed by atoms with E-state index in [9.17, 15) is 22.0 Å². The van der Waals surface area contributed by atoms with Crippen molar-refractivity contribution in [1.29, 1.82) is 0 Å². The monoisotopic (exact) mass is 359 g/mol. The molecule has 0 spiro atoms. The zero-order valence-electron chi connectivity index (χ0n) is 12.6. The maximum absolute atomic E-state index is 13.2. The number of rotatable bonds is 3. The zero-order chi connectivity index (χ0) is 17.8. The highest BCUT2D eigenvalue weighted by molar-refractivity contribution is 7.83.